The van der Waals surface area contributed by atoms with Gasteiger partial charge in [0, 0.05) is 31.2 Å². The molecule has 1 amide bonds. The van der Waals surface area contributed by atoms with Gasteiger partial charge in [0.2, 0.25) is 5.91 Å². The molecule has 1 fully saturated rings. The molecule has 4 rings (SSSR count). The number of benzene rings is 2. The van der Waals surface area contributed by atoms with Crippen LogP contribution >= 0.6 is 0 Å². The van der Waals surface area contributed by atoms with Crippen molar-refractivity contribution in [3.8, 4) is 0 Å². The molecular weight excluding hydrogens is 260 g/mol. The Kier molecular flexibility index (Phi) is 3.00. The Morgan fingerprint density at radius 3 is 2.52 bits per heavy atom. The average molecular weight is 278 g/mol. The molecule has 2 aliphatic heterocycles. The predicted octanol–water partition coefficient (Wildman–Crippen LogP) is 2.85. The van der Waals surface area contributed by atoms with E-state index >= 15 is 0 Å². The molecule has 3 heteroatoms. The number of fused-ring (bicyclic) bond motifs is 3. The number of hydrogen-bond acceptors (Lipinski definition) is 2. The van der Waals surface area contributed by atoms with Gasteiger partial charge in [0.1, 0.15) is 0 Å². The van der Waals surface area contributed by atoms with E-state index in [4.69, 9.17) is 0 Å². The predicted molar refractivity (Wildman–Crippen MR) is 83.0 cm³/mol. The van der Waals surface area contributed by atoms with Crippen molar-refractivity contribution < 1.29 is 4.79 Å². The van der Waals surface area contributed by atoms with Gasteiger partial charge in [-0.2, -0.15) is 0 Å². The third-order valence-electron chi connectivity index (χ3n) is 4.60. The summed E-state index contributed by atoms with van der Waals surface area (Å²) >= 11 is 0. The van der Waals surface area contributed by atoms with E-state index in [1.807, 2.05) is 18.2 Å². The van der Waals surface area contributed by atoms with Gasteiger partial charge in [-0.1, -0.05) is 48.5 Å². The quantitative estimate of drug-likeness (QED) is 0.916. The van der Waals surface area contributed by atoms with Gasteiger partial charge in [-0.25, -0.2) is 0 Å². The number of carbonyl (C=O) groups excluding carboxylic acids is 1. The van der Waals surface area contributed by atoms with E-state index in [2.05, 4.69) is 46.6 Å². The number of anilines is 1. The third-order valence-corrected chi connectivity index (χ3v) is 4.60. The largest absolute Gasteiger partial charge is 0.326 e. The number of nitrogens with one attached hydrogen (secondary N) is 1. The van der Waals surface area contributed by atoms with Crippen LogP contribution in [0, 0.1) is 5.92 Å². The van der Waals surface area contributed by atoms with Crippen molar-refractivity contribution in [1.29, 1.82) is 0 Å². The molecule has 21 heavy (non-hydrogen) atoms. The number of nitrogens with zero attached hydrogens (tertiary/aromatic N) is 1. The third kappa shape index (κ3) is 2.24. The molecule has 0 unspecified atom stereocenters. The molecule has 0 aromatic heterocycles. The van der Waals surface area contributed by atoms with Crippen LogP contribution in [0.15, 0.2) is 54.6 Å². The van der Waals surface area contributed by atoms with Gasteiger partial charge in [-0.15, -0.1) is 0 Å². The van der Waals surface area contributed by atoms with Gasteiger partial charge in [0.15, 0.2) is 0 Å². The van der Waals surface area contributed by atoms with Crippen molar-refractivity contribution in [2.24, 2.45) is 5.92 Å². The number of amides is 1. The highest BCUT2D eigenvalue weighted by Gasteiger charge is 2.42. The van der Waals surface area contributed by atoms with Crippen LogP contribution in [0.4, 0.5) is 5.69 Å². The van der Waals surface area contributed by atoms with E-state index in [9.17, 15) is 4.79 Å². The molecule has 2 atom stereocenters. The van der Waals surface area contributed by atoms with Gasteiger partial charge in [-0.05, 0) is 17.2 Å². The summed E-state index contributed by atoms with van der Waals surface area (Å²) in [7, 11) is 0. The Morgan fingerprint density at radius 1 is 0.952 bits per heavy atom. The Morgan fingerprint density at radius 2 is 1.67 bits per heavy atom. The van der Waals surface area contributed by atoms with Crippen LogP contribution in [0.2, 0.25) is 0 Å². The summed E-state index contributed by atoms with van der Waals surface area (Å²) in [6.07, 6.45) is 0. The van der Waals surface area contributed by atoms with Crippen LogP contribution in [0.5, 0.6) is 0 Å². The van der Waals surface area contributed by atoms with Crippen molar-refractivity contribution in [1.82, 2.24) is 4.90 Å². The van der Waals surface area contributed by atoms with Gasteiger partial charge in [-0.3, -0.25) is 9.69 Å². The topological polar surface area (TPSA) is 32.3 Å². The number of rotatable bonds is 2. The van der Waals surface area contributed by atoms with E-state index in [0.29, 0.717) is 5.92 Å². The summed E-state index contributed by atoms with van der Waals surface area (Å²) in [5.74, 6) is 0.594. The highest BCUT2D eigenvalue weighted by molar-refractivity contribution is 5.97. The minimum Gasteiger partial charge on any atom is -0.326 e. The number of para-hydroxylation sites is 1. The van der Waals surface area contributed by atoms with Crippen molar-refractivity contribution in [3.05, 3.63) is 65.7 Å². The lowest BCUT2D eigenvalue weighted by molar-refractivity contribution is -0.120. The van der Waals surface area contributed by atoms with E-state index in [1.54, 1.807) is 0 Å². The van der Waals surface area contributed by atoms with Gasteiger partial charge in [0.05, 0.1) is 5.92 Å². The number of carbonyl (C=O) groups is 1. The van der Waals surface area contributed by atoms with E-state index in [-0.39, 0.29) is 11.8 Å². The number of hydrogen-bond donors (Lipinski definition) is 1. The lowest BCUT2D eigenvalue weighted by Crippen LogP contribution is -2.33. The van der Waals surface area contributed by atoms with E-state index < -0.39 is 0 Å². The first-order valence-electron chi connectivity index (χ1n) is 7.47. The molecule has 1 N–H and O–H groups in total. The second kappa shape index (κ2) is 5.01. The average Bonchev–Trinajstić information content (AvgIpc) is 2.93. The minimum absolute atomic E-state index is 0.0867. The molecule has 2 aromatic rings. The first kappa shape index (κ1) is 12.6. The fourth-order valence-corrected chi connectivity index (χ4v) is 3.60. The highest BCUT2D eigenvalue weighted by atomic mass is 16.2. The van der Waals surface area contributed by atoms with Crippen LogP contribution in [0.25, 0.3) is 0 Å². The zero-order valence-electron chi connectivity index (χ0n) is 11.8. The molecule has 0 bridgehead atoms. The summed E-state index contributed by atoms with van der Waals surface area (Å²) in [5.41, 5.74) is 3.59. The molecule has 0 aliphatic carbocycles. The highest BCUT2D eigenvalue weighted by Crippen LogP contribution is 2.40. The maximum atomic E-state index is 12.3. The van der Waals surface area contributed by atoms with Crippen LogP contribution in [-0.4, -0.2) is 23.9 Å². The normalized spacial score (nSPS) is 24.3. The van der Waals surface area contributed by atoms with Crippen molar-refractivity contribution in [2.45, 2.75) is 12.5 Å². The Labute approximate surface area is 124 Å². The van der Waals surface area contributed by atoms with Crippen LogP contribution in [0.3, 0.4) is 0 Å². The summed E-state index contributed by atoms with van der Waals surface area (Å²) in [5, 5.41) is 3.05. The van der Waals surface area contributed by atoms with Crippen molar-refractivity contribution in [2.75, 3.05) is 18.4 Å². The number of likely N-dealkylation sites (tertiary alicyclic amines) is 1. The standard InChI is InChI=1S/C18H18N2O/c21-18-16-12-20(10-13-6-2-1-3-7-13)11-15(16)14-8-4-5-9-17(14)19-18/h1-9,15-16H,10-12H2,(H,19,21)/t15-,16-/m0/s1. The second-order valence-corrected chi connectivity index (χ2v) is 5.97. The lowest BCUT2D eigenvalue weighted by atomic mass is 9.84. The molecule has 2 heterocycles. The van der Waals surface area contributed by atoms with Gasteiger partial charge in [0.25, 0.3) is 0 Å². The minimum atomic E-state index is 0.0867. The molecule has 106 valence electrons. The Bertz CT molecular complexity index is 668. The monoisotopic (exact) mass is 278 g/mol. The van der Waals surface area contributed by atoms with Crippen molar-refractivity contribution in [3.63, 3.8) is 0 Å². The molecule has 2 aliphatic rings. The summed E-state index contributed by atoms with van der Waals surface area (Å²) < 4.78 is 0. The summed E-state index contributed by atoms with van der Waals surface area (Å²) in [4.78, 5) is 14.7. The molecule has 0 radical (unpaired) electrons. The van der Waals surface area contributed by atoms with Crippen LogP contribution in [-0.2, 0) is 11.3 Å². The molecule has 1 saturated heterocycles. The fourth-order valence-electron chi connectivity index (χ4n) is 3.60. The Balaban J connectivity index is 1.58. The lowest BCUT2D eigenvalue weighted by Gasteiger charge is -2.26. The summed E-state index contributed by atoms with van der Waals surface area (Å²) in [6, 6.07) is 18.7. The second-order valence-electron chi connectivity index (χ2n) is 5.97. The van der Waals surface area contributed by atoms with Gasteiger partial charge < -0.3 is 5.32 Å². The fraction of sp³-hybridized carbons (Fsp3) is 0.278. The molecular formula is C18H18N2O. The maximum Gasteiger partial charge on any atom is 0.229 e. The van der Waals surface area contributed by atoms with Crippen LogP contribution in [0.1, 0.15) is 17.0 Å². The van der Waals surface area contributed by atoms with E-state index in [0.717, 1.165) is 25.3 Å². The molecule has 0 spiro atoms. The van der Waals surface area contributed by atoms with E-state index in [1.165, 1.54) is 11.1 Å². The first-order valence-corrected chi connectivity index (χ1v) is 7.47. The zero-order valence-corrected chi connectivity index (χ0v) is 11.8. The molecule has 2 aromatic carbocycles. The molecule has 3 nitrogen and oxygen atoms in total. The van der Waals surface area contributed by atoms with Crippen LogP contribution < -0.4 is 5.32 Å². The SMILES string of the molecule is O=C1Nc2ccccc2[C@@H]2CN(Cc3ccccc3)C[C@H]12. The van der Waals surface area contributed by atoms with Gasteiger partial charge >= 0.3 is 0 Å². The maximum absolute atomic E-state index is 12.3. The molecule has 0 saturated carbocycles. The van der Waals surface area contributed by atoms with Crippen molar-refractivity contribution >= 4 is 11.6 Å². The smallest absolute Gasteiger partial charge is 0.229 e. The first-order chi connectivity index (χ1) is 10.3. The zero-order chi connectivity index (χ0) is 14.2. The summed E-state index contributed by atoms with van der Waals surface area (Å²) in [6.45, 7) is 2.73. The Hall–Kier alpha value is -2.13.